The first-order chi connectivity index (χ1) is 6.22. The van der Waals surface area contributed by atoms with Crippen molar-refractivity contribution < 1.29 is 5.11 Å². The van der Waals surface area contributed by atoms with Gasteiger partial charge in [-0.05, 0) is 34.5 Å². The third kappa shape index (κ3) is 1.36. The second-order valence-electron chi connectivity index (χ2n) is 2.96. The van der Waals surface area contributed by atoms with Gasteiger partial charge in [0.2, 0.25) is 0 Å². The Hall–Kier alpha value is -0.870. The third-order valence-electron chi connectivity index (χ3n) is 1.93. The minimum atomic E-state index is -0.0404. The van der Waals surface area contributed by atoms with Crippen molar-refractivity contribution in [2.24, 2.45) is 0 Å². The van der Waals surface area contributed by atoms with Gasteiger partial charge in [-0.3, -0.25) is 0 Å². The molecule has 13 heavy (non-hydrogen) atoms. The van der Waals surface area contributed by atoms with Crippen molar-refractivity contribution in [3.8, 4) is 0 Å². The molecule has 0 unspecified atom stereocenters. The average molecular weight is 241 g/mol. The van der Waals surface area contributed by atoms with Crippen LogP contribution in [0.3, 0.4) is 0 Å². The standard InChI is InChI=1S/C9H9BrN2O/c1-6-2-3-8-9(10)7(5-13)11-12(8)4-6/h2-4,13H,5H2,1H3. The number of fused-ring (bicyclic) bond motifs is 1. The molecule has 2 aromatic rings. The summed E-state index contributed by atoms with van der Waals surface area (Å²) in [5, 5.41) is 13.2. The summed E-state index contributed by atoms with van der Waals surface area (Å²) in [6.07, 6.45) is 1.93. The van der Waals surface area contributed by atoms with Crippen molar-refractivity contribution in [3.63, 3.8) is 0 Å². The zero-order valence-electron chi connectivity index (χ0n) is 7.16. The molecule has 0 radical (unpaired) electrons. The molecule has 68 valence electrons. The van der Waals surface area contributed by atoms with Crippen LogP contribution in [0.4, 0.5) is 0 Å². The van der Waals surface area contributed by atoms with Crippen molar-refractivity contribution in [1.82, 2.24) is 9.61 Å². The minimum absolute atomic E-state index is 0.0404. The second-order valence-corrected chi connectivity index (χ2v) is 3.75. The van der Waals surface area contributed by atoms with Gasteiger partial charge < -0.3 is 5.11 Å². The van der Waals surface area contributed by atoms with Crippen LogP contribution in [0.25, 0.3) is 5.52 Å². The number of aromatic nitrogens is 2. The third-order valence-corrected chi connectivity index (χ3v) is 2.80. The predicted molar refractivity (Wildman–Crippen MR) is 53.6 cm³/mol. The predicted octanol–water partition coefficient (Wildman–Crippen LogP) is 1.90. The van der Waals surface area contributed by atoms with Crippen molar-refractivity contribution in [3.05, 3.63) is 34.1 Å². The van der Waals surface area contributed by atoms with E-state index in [9.17, 15) is 0 Å². The molecule has 0 spiro atoms. The van der Waals surface area contributed by atoms with Gasteiger partial charge in [0.1, 0.15) is 5.69 Å². The molecule has 3 nitrogen and oxygen atoms in total. The molecule has 0 saturated heterocycles. The number of hydrogen-bond donors (Lipinski definition) is 1. The number of aliphatic hydroxyl groups excluding tert-OH is 1. The molecule has 0 aliphatic carbocycles. The van der Waals surface area contributed by atoms with Crippen molar-refractivity contribution in [1.29, 1.82) is 0 Å². The Balaban J connectivity index is 2.76. The average Bonchev–Trinajstić information content (AvgIpc) is 2.42. The molecule has 0 aliphatic rings. The topological polar surface area (TPSA) is 37.5 Å². The lowest BCUT2D eigenvalue weighted by atomic mass is 10.3. The summed E-state index contributed by atoms with van der Waals surface area (Å²) >= 11 is 3.39. The quantitative estimate of drug-likeness (QED) is 0.827. The maximum atomic E-state index is 8.98. The van der Waals surface area contributed by atoms with E-state index in [1.54, 1.807) is 4.52 Å². The zero-order chi connectivity index (χ0) is 9.42. The van der Waals surface area contributed by atoms with Gasteiger partial charge in [-0.15, -0.1) is 0 Å². The monoisotopic (exact) mass is 240 g/mol. The largest absolute Gasteiger partial charge is 0.390 e. The fraction of sp³-hybridized carbons (Fsp3) is 0.222. The fourth-order valence-electron chi connectivity index (χ4n) is 1.27. The first kappa shape index (κ1) is 8.72. The highest BCUT2D eigenvalue weighted by molar-refractivity contribution is 9.10. The molecule has 4 heteroatoms. The van der Waals surface area contributed by atoms with Gasteiger partial charge in [-0.25, -0.2) is 4.52 Å². The SMILES string of the molecule is Cc1ccc2c(Br)c(CO)nn2c1. The van der Waals surface area contributed by atoms with Crippen LogP contribution in [-0.2, 0) is 6.61 Å². The fourth-order valence-corrected chi connectivity index (χ4v) is 1.79. The lowest BCUT2D eigenvalue weighted by molar-refractivity contribution is 0.275. The summed E-state index contributed by atoms with van der Waals surface area (Å²) in [4.78, 5) is 0. The molecule has 0 aromatic carbocycles. The summed E-state index contributed by atoms with van der Waals surface area (Å²) < 4.78 is 2.64. The zero-order valence-corrected chi connectivity index (χ0v) is 8.74. The number of aliphatic hydroxyl groups is 1. The highest BCUT2D eigenvalue weighted by Gasteiger charge is 2.08. The molecule has 2 rings (SSSR count). The Morgan fingerprint density at radius 1 is 1.54 bits per heavy atom. The first-order valence-electron chi connectivity index (χ1n) is 3.96. The number of halogens is 1. The molecule has 2 aromatic heterocycles. The Labute approximate surface area is 84.1 Å². The van der Waals surface area contributed by atoms with Gasteiger partial charge >= 0.3 is 0 Å². The second kappa shape index (κ2) is 3.12. The summed E-state index contributed by atoms with van der Waals surface area (Å²) in [6, 6.07) is 3.99. The van der Waals surface area contributed by atoms with Crippen LogP contribution < -0.4 is 0 Å². The van der Waals surface area contributed by atoms with Crippen molar-refractivity contribution in [2.75, 3.05) is 0 Å². The minimum Gasteiger partial charge on any atom is -0.390 e. The van der Waals surface area contributed by atoms with Gasteiger partial charge in [0.25, 0.3) is 0 Å². The van der Waals surface area contributed by atoms with E-state index in [2.05, 4.69) is 21.0 Å². The lowest BCUT2D eigenvalue weighted by Crippen LogP contribution is -1.89. The summed E-state index contributed by atoms with van der Waals surface area (Å²) in [6.45, 7) is 1.97. The number of nitrogens with zero attached hydrogens (tertiary/aromatic N) is 2. The normalized spacial score (nSPS) is 11.0. The van der Waals surface area contributed by atoms with E-state index in [4.69, 9.17) is 5.11 Å². The van der Waals surface area contributed by atoms with Crippen LogP contribution in [-0.4, -0.2) is 14.7 Å². The molecule has 0 bridgehead atoms. The molecule has 0 saturated carbocycles. The molecule has 2 heterocycles. The highest BCUT2D eigenvalue weighted by Crippen LogP contribution is 2.22. The summed E-state index contributed by atoms with van der Waals surface area (Å²) in [5.41, 5.74) is 2.80. The van der Waals surface area contributed by atoms with Crippen LogP contribution in [0.1, 0.15) is 11.3 Å². The van der Waals surface area contributed by atoms with E-state index in [0.29, 0.717) is 5.69 Å². The van der Waals surface area contributed by atoms with E-state index in [-0.39, 0.29) is 6.61 Å². The lowest BCUT2D eigenvalue weighted by Gasteiger charge is -1.93. The number of rotatable bonds is 1. The van der Waals surface area contributed by atoms with E-state index in [1.165, 1.54) is 0 Å². The van der Waals surface area contributed by atoms with E-state index < -0.39 is 0 Å². The smallest absolute Gasteiger partial charge is 0.103 e. The Kier molecular flexibility index (Phi) is 2.09. The molecule has 0 fully saturated rings. The summed E-state index contributed by atoms with van der Waals surface area (Å²) in [5.74, 6) is 0. The Bertz CT molecular complexity index is 450. The maximum Gasteiger partial charge on any atom is 0.103 e. The van der Waals surface area contributed by atoms with Gasteiger partial charge in [-0.1, -0.05) is 6.07 Å². The number of hydrogen-bond acceptors (Lipinski definition) is 2. The van der Waals surface area contributed by atoms with Crippen LogP contribution >= 0.6 is 15.9 Å². The van der Waals surface area contributed by atoms with Gasteiger partial charge in [0.15, 0.2) is 0 Å². The number of aryl methyl sites for hydroxylation is 1. The van der Waals surface area contributed by atoms with Crippen LogP contribution in [0, 0.1) is 6.92 Å². The van der Waals surface area contributed by atoms with Crippen LogP contribution in [0.15, 0.2) is 22.8 Å². The van der Waals surface area contributed by atoms with Crippen molar-refractivity contribution in [2.45, 2.75) is 13.5 Å². The van der Waals surface area contributed by atoms with Crippen LogP contribution in [0.5, 0.6) is 0 Å². The molecule has 0 amide bonds. The van der Waals surface area contributed by atoms with Gasteiger partial charge in [-0.2, -0.15) is 5.10 Å². The summed E-state index contributed by atoms with van der Waals surface area (Å²) in [7, 11) is 0. The molecule has 0 aliphatic heterocycles. The highest BCUT2D eigenvalue weighted by atomic mass is 79.9. The first-order valence-corrected chi connectivity index (χ1v) is 4.76. The Morgan fingerprint density at radius 2 is 2.31 bits per heavy atom. The molecular weight excluding hydrogens is 232 g/mol. The van der Waals surface area contributed by atoms with E-state index >= 15 is 0 Å². The van der Waals surface area contributed by atoms with E-state index in [0.717, 1.165) is 15.6 Å². The van der Waals surface area contributed by atoms with E-state index in [1.807, 2.05) is 25.3 Å². The van der Waals surface area contributed by atoms with Crippen molar-refractivity contribution >= 4 is 21.4 Å². The Morgan fingerprint density at radius 3 is 3.00 bits per heavy atom. The molecular formula is C9H9BrN2O. The van der Waals surface area contributed by atoms with Gasteiger partial charge in [0.05, 0.1) is 16.6 Å². The molecule has 0 atom stereocenters. The van der Waals surface area contributed by atoms with Crippen LogP contribution in [0.2, 0.25) is 0 Å². The van der Waals surface area contributed by atoms with Gasteiger partial charge in [0, 0.05) is 6.20 Å². The number of pyridine rings is 1. The maximum absolute atomic E-state index is 8.98. The molecule has 1 N–H and O–H groups in total.